The summed E-state index contributed by atoms with van der Waals surface area (Å²) in [5, 5.41) is 3.35. The number of rotatable bonds is 3. The van der Waals surface area contributed by atoms with Gasteiger partial charge in [0.1, 0.15) is 0 Å². The summed E-state index contributed by atoms with van der Waals surface area (Å²) in [6, 6.07) is 0.549. The second-order valence-corrected chi connectivity index (χ2v) is 6.87. The van der Waals surface area contributed by atoms with E-state index >= 15 is 0 Å². The highest BCUT2D eigenvalue weighted by Gasteiger charge is 2.40. The number of hydrogen-bond donors (Lipinski definition) is 2. The maximum Gasteiger partial charge on any atom is 0.188 e. The van der Waals surface area contributed by atoms with Crippen LogP contribution >= 0.6 is 0 Å². The van der Waals surface area contributed by atoms with Crippen molar-refractivity contribution in [2.75, 3.05) is 6.54 Å². The van der Waals surface area contributed by atoms with E-state index in [1.165, 1.54) is 64.2 Å². The van der Waals surface area contributed by atoms with Crippen molar-refractivity contribution >= 4 is 5.96 Å². The molecule has 3 fully saturated rings. The van der Waals surface area contributed by atoms with Crippen LogP contribution in [0.3, 0.4) is 0 Å². The van der Waals surface area contributed by atoms with Crippen molar-refractivity contribution in [3.63, 3.8) is 0 Å². The first kappa shape index (κ1) is 14.2. The number of guanidine groups is 1. The molecule has 1 atom stereocenters. The fourth-order valence-corrected chi connectivity index (χ4v) is 4.11. The molecule has 0 amide bonds. The summed E-state index contributed by atoms with van der Waals surface area (Å²) < 4.78 is 6.32. The van der Waals surface area contributed by atoms with E-state index in [1.54, 1.807) is 0 Å². The standard InChI is InChI=1S/C16H29N3O/c17-15(19-13-6-2-3-7-13)18-12-14-8-11-16(20-14)9-4-1-5-10-16/h13-14H,1-12H2,(H3,17,18,19). The molecular formula is C16H29N3O. The highest BCUT2D eigenvalue weighted by Crippen LogP contribution is 2.41. The van der Waals surface area contributed by atoms with Gasteiger partial charge in [0, 0.05) is 6.04 Å². The van der Waals surface area contributed by atoms with Gasteiger partial charge in [-0.3, -0.25) is 4.99 Å². The number of nitrogens with two attached hydrogens (primary N) is 1. The number of ether oxygens (including phenoxy) is 1. The van der Waals surface area contributed by atoms with Crippen LogP contribution in [0.25, 0.3) is 0 Å². The van der Waals surface area contributed by atoms with Gasteiger partial charge in [-0.1, -0.05) is 32.1 Å². The van der Waals surface area contributed by atoms with Crippen LogP contribution in [0.2, 0.25) is 0 Å². The molecule has 3 N–H and O–H groups in total. The van der Waals surface area contributed by atoms with E-state index in [2.05, 4.69) is 10.3 Å². The van der Waals surface area contributed by atoms with Crippen LogP contribution in [-0.2, 0) is 4.74 Å². The van der Waals surface area contributed by atoms with Crippen LogP contribution < -0.4 is 11.1 Å². The summed E-state index contributed by atoms with van der Waals surface area (Å²) in [5.74, 6) is 0.616. The Kier molecular flexibility index (Phi) is 4.49. The second-order valence-electron chi connectivity index (χ2n) is 6.87. The third kappa shape index (κ3) is 3.46. The number of nitrogens with zero attached hydrogens (tertiary/aromatic N) is 1. The molecule has 20 heavy (non-hydrogen) atoms. The van der Waals surface area contributed by atoms with Gasteiger partial charge in [-0.05, 0) is 38.5 Å². The molecule has 2 aliphatic carbocycles. The van der Waals surface area contributed by atoms with E-state index in [9.17, 15) is 0 Å². The first-order valence-corrected chi connectivity index (χ1v) is 8.50. The summed E-state index contributed by atoms with van der Waals surface area (Å²) in [7, 11) is 0. The minimum absolute atomic E-state index is 0.200. The molecule has 1 aliphatic heterocycles. The van der Waals surface area contributed by atoms with Gasteiger partial charge >= 0.3 is 0 Å². The highest BCUT2D eigenvalue weighted by atomic mass is 16.5. The smallest absolute Gasteiger partial charge is 0.188 e. The molecule has 0 aromatic rings. The van der Waals surface area contributed by atoms with Crippen LogP contribution in [-0.4, -0.2) is 30.3 Å². The van der Waals surface area contributed by atoms with Crippen molar-refractivity contribution < 1.29 is 4.74 Å². The molecule has 0 radical (unpaired) electrons. The average Bonchev–Trinajstić information content (AvgIpc) is 3.08. The molecule has 1 saturated heterocycles. The molecule has 4 nitrogen and oxygen atoms in total. The average molecular weight is 279 g/mol. The lowest BCUT2D eigenvalue weighted by atomic mass is 9.83. The molecule has 2 saturated carbocycles. The van der Waals surface area contributed by atoms with Crippen molar-refractivity contribution in [1.29, 1.82) is 0 Å². The van der Waals surface area contributed by atoms with Crippen LogP contribution in [0.1, 0.15) is 70.6 Å². The molecule has 3 rings (SSSR count). The Bertz CT molecular complexity index is 344. The van der Waals surface area contributed by atoms with E-state index in [4.69, 9.17) is 10.5 Å². The van der Waals surface area contributed by atoms with E-state index < -0.39 is 0 Å². The third-order valence-corrected chi connectivity index (χ3v) is 5.28. The lowest BCUT2D eigenvalue weighted by Crippen LogP contribution is -2.39. The second kappa shape index (κ2) is 6.33. The normalized spacial score (nSPS) is 31.0. The molecule has 1 heterocycles. The fourth-order valence-electron chi connectivity index (χ4n) is 4.11. The van der Waals surface area contributed by atoms with Crippen molar-refractivity contribution in [1.82, 2.24) is 5.32 Å². The SMILES string of the molecule is NC(=NCC1CCC2(CCCCC2)O1)NC1CCCC1. The van der Waals surface area contributed by atoms with Crippen LogP contribution in [0.4, 0.5) is 0 Å². The predicted molar refractivity (Wildman–Crippen MR) is 81.8 cm³/mol. The Morgan fingerprint density at radius 2 is 1.80 bits per heavy atom. The maximum absolute atomic E-state index is 6.32. The van der Waals surface area contributed by atoms with Crippen molar-refractivity contribution in [2.45, 2.75) is 88.4 Å². The zero-order valence-electron chi connectivity index (χ0n) is 12.6. The molecular weight excluding hydrogens is 250 g/mol. The third-order valence-electron chi connectivity index (χ3n) is 5.28. The molecule has 0 aromatic carbocycles. The van der Waals surface area contributed by atoms with Gasteiger partial charge in [-0.15, -0.1) is 0 Å². The molecule has 3 aliphatic rings. The Labute approximate surface area is 122 Å². The molecule has 4 heteroatoms. The Morgan fingerprint density at radius 3 is 2.55 bits per heavy atom. The zero-order chi connectivity index (χ0) is 13.8. The van der Waals surface area contributed by atoms with E-state index in [1.807, 2.05) is 0 Å². The quantitative estimate of drug-likeness (QED) is 0.617. The largest absolute Gasteiger partial charge is 0.370 e. The van der Waals surface area contributed by atoms with E-state index in [0.29, 0.717) is 12.0 Å². The predicted octanol–water partition coefficient (Wildman–Crippen LogP) is 2.72. The minimum atomic E-state index is 0.200. The van der Waals surface area contributed by atoms with Gasteiger partial charge in [0.25, 0.3) is 0 Å². The number of nitrogens with one attached hydrogen (secondary N) is 1. The summed E-state index contributed by atoms with van der Waals surface area (Å²) in [6.45, 7) is 0.729. The van der Waals surface area contributed by atoms with E-state index in [-0.39, 0.29) is 11.7 Å². The number of hydrogen-bond acceptors (Lipinski definition) is 2. The summed E-state index contributed by atoms with van der Waals surface area (Å²) in [5.41, 5.74) is 6.19. The van der Waals surface area contributed by atoms with Crippen molar-refractivity contribution in [3.8, 4) is 0 Å². The fraction of sp³-hybridized carbons (Fsp3) is 0.938. The molecule has 1 unspecified atom stereocenters. The lowest BCUT2D eigenvalue weighted by Gasteiger charge is -2.33. The number of aliphatic imine (C=N–C) groups is 1. The van der Waals surface area contributed by atoms with Crippen LogP contribution in [0.5, 0.6) is 0 Å². The molecule has 0 bridgehead atoms. The molecule has 114 valence electrons. The first-order valence-electron chi connectivity index (χ1n) is 8.50. The lowest BCUT2D eigenvalue weighted by molar-refractivity contribution is -0.0599. The Morgan fingerprint density at radius 1 is 1.05 bits per heavy atom. The van der Waals surface area contributed by atoms with Gasteiger partial charge in [-0.2, -0.15) is 0 Å². The van der Waals surface area contributed by atoms with Gasteiger partial charge in [0.15, 0.2) is 5.96 Å². The molecule has 0 aromatic heterocycles. The van der Waals surface area contributed by atoms with Gasteiger partial charge in [-0.25, -0.2) is 0 Å². The van der Waals surface area contributed by atoms with Gasteiger partial charge in [0.2, 0.25) is 0 Å². The topological polar surface area (TPSA) is 59.6 Å². The van der Waals surface area contributed by atoms with Gasteiger partial charge < -0.3 is 15.8 Å². The minimum Gasteiger partial charge on any atom is -0.370 e. The Hall–Kier alpha value is -0.770. The highest BCUT2D eigenvalue weighted by molar-refractivity contribution is 5.78. The summed E-state index contributed by atoms with van der Waals surface area (Å²) >= 11 is 0. The van der Waals surface area contributed by atoms with Crippen molar-refractivity contribution in [3.05, 3.63) is 0 Å². The van der Waals surface area contributed by atoms with Crippen LogP contribution in [0, 0.1) is 0 Å². The summed E-state index contributed by atoms with van der Waals surface area (Å²) in [6.07, 6.45) is 14.3. The maximum atomic E-state index is 6.32. The van der Waals surface area contributed by atoms with Crippen molar-refractivity contribution in [2.24, 2.45) is 10.7 Å². The van der Waals surface area contributed by atoms with Crippen LogP contribution in [0.15, 0.2) is 4.99 Å². The first-order chi connectivity index (χ1) is 9.76. The Balaban J connectivity index is 1.44. The monoisotopic (exact) mass is 279 g/mol. The van der Waals surface area contributed by atoms with E-state index in [0.717, 1.165) is 13.0 Å². The molecule has 1 spiro atoms. The summed E-state index contributed by atoms with van der Waals surface area (Å²) in [4.78, 5) is 4.51. The van der Waals surface area contributed by atoms with Gasteiger partial charge in [0.05, 0.1) is 18.2 Å². The zero-order valence-corrected chi connectivity index (χ0v) is 12.6.